The van der Waals surface area contributed by atoms with Crippen LogP contribution in [0.1, 0.15) is 77.8 Å². The summed E-state index contributed by atoms with van der Waals surface area (Å²) in [4.78, 5) is 11.9. The Kier molecular flexibility index (Phi) is 8.69. The number of rotatable bonds is 9. The molecule has 1 aromatic carbocycles. The molecule has 1 aromatic rings. The summed E-state index contributed by atoms with van der Waals surface area (Å²) in [7, 11) is 0. The normalized spacial score (nSPS) is 20.0. The third kappa shape index (κ3) is 7.39. The maximum atomic E-state index is 11.9. The van der Waals surface area contributed by atoms with E-state index in [1.807, 2.05) is 32.9 Å². The molecule has 0 saturated carbocycles. The Morgan fingerprint density at radius 3 is 2.58 bits per heavy atom. The van der Waals surface area contributed by atoms with Crippen LogP contribution in [-0.4, -0.2) is 27.7 Å². The number of aliphatic hydroxyl groups is 1. The molecule has 1 aliphatic heterocycles. The zero-order valence-electron chi connectivity index (χ0n) is 19.9. The second-order valence-electron chi connectivity index (χ2n) is 9.41. The van der Waals surface area contributed by atoms with E-state index in [0.717, 1.165) is 61.0 Å². The lowest BCUT2D eigenvalue weighted by Crippen LogP contribution is -2.36. The fourth-order valence-corrected chi connectivity index (χ4v) is 3.98. The van der Waals surface area contributed by atoms with E-state index in [0.29, 0.717) is 11.3 Å². The number of carbonyl (C=O) groups excluding carboxylic acids is 1. The van der Waals surface area contributed by atoms with Gasteiger partial charge in [0.15, 0.2) is 5.78 Å². The van der Waals surface area contributed by atoms with Gasteiger partial charge in [0.05, 0.1) is 0 Å². The first-order chi connectivity index (χ1) is 14.5. The van der Waals surface area contributed by atoms with Crippen molar-refractivity contribution in [2.24, 2.45) is 0 Å². The summed E-state index contributed by atoms with van der Waals surface area (Å²) < 4.78 is 6.36. The number of allylic oxidation sites excluding steroid dienone is 4. The molecule has 2 atom stereocenters. The van der Waals surface area contributed by atoms with Crippen LogP contribution in [0.4, 0.5) is 0 Å². The second-order valence-corrected chi connectivity index (χ2v) is 9.41. The SMILES string of the molecule is CC(C)=CC(=O)[C@@H](O)/C(C)=C/CCC(C)=CCC[C@]1(C)CCc2cc(O)cc(C)c2O1. The average Bonchev–Trinajstić information content (AvgIpc) is 2.67. The first-order valence-corrected chi connectivity index (χ1v) is 11.2. The third-order valence-electron chi connectivity index (χ3n) is 5.91. The molecular formula is C27H38O4. The standard InChI is InChI=1S/C27H38O4/c1-18(2)15-24(29)25(30)20(4)11-7-9-19(3)10-8-13-27(6)14-12-22-17-23(28)16-21(5)26(22)31-27/h10-11,15-17,25,28,30H,7-9,12-14H2,1-6H3/b19-10?,20-11+/t25-,27+/m0/s1. The van der Waals surface area contributed by atoms with Gasteiger partial charge in [0.1, 0.15) is 23.2 Å². The Hall–Kier alpha value is -2.33. The Bertz CT molecular complexity index is 887. The predicted octanol–water partition coefficient (Wildman–Crippen LogP) is 6.13. The van der Waals surface area contributed by atoms with Gasteiger partial charge in [-0.25, -0.2) is 0 Å². The highest BCUT2D eigenvalue weighted by atomic mass is 16.5. The van der Waals surface area contributed by atoms with E-state index >= 15 is 0 Å². The first kappa shape index (κ1) is 24.9. The van der Waals surface area contributed by atoms with Gasteiger partial charge >= 0.3 is 0 Å². The van der Waals surface area contributed by atoms with Crippen molar-refractivity contribution < 1.29 is 19.7 Å². The topological polar surface area (TPSA) is 66.8 Å². The van der Waals surface area contributed by atoms with Crippen molar-refractivity contribution in [3.63, 3.8) is 0 Å². The summed E-state index contributed by atoms with van der Waals surface area (Å²) in [5.74, 6) is 0.975. The number of ketones is 1. The van der Waals surface area contributed by atoms with Gasteiger partial charge in [0.25, 0.3) is 0 Å². The fourth-order valence-electron chi connectivity index (χ4n) is 3.98. The third-order valence-corrected chi connectivity index (χ3v) is 5.91. The number of ether oxygens (including phenoxy) is 1. The maximum Gasteiger partial charge on any atom is 0.188 e. The minimum absolute atomic E-state index is 0.197. The minimum Gasteiger partial charge on any atom is -0.508 e. The number of hydrogen-bond donors (Lipinski definition) is 2. The Balaban J connectivity index is 1.85. The van der Waals surface area contributed by atoms with Gasteiger partial charge in [-0.15, -0.1) is 0 Å². The molecule has 170 valence electrons. The number of phenolic OH excluding ortho intramolecular Hbond substituents is 1. The zero-order valence-corrected chi connectivity index (χ0v) is 19.9. The summed E-state index contributed by atoms with van der Waals surface area (Å²) in [5.41, 5.74) is 4.78. The second kappa shape index (κ2) is 10.8. The molecule has 0 fully saturated rings. The maximum absolute atomic E-state index is 11.9. The number of phenols is 1. The number of aryl methyl sites for hydroxylation is 2. The van der Waals surface area contributed by atoms with Crippen LogP contribution in [0.25, 0.3) is 0 Å². The van der Waals surface area contributed by atoms with Crippen LogP contribution in [0.15, 0.2) is 47.1 Å². The van der Waals surface area contributed by atoms with E-state index in [4.69, 9.17) is 4.74 Å². The van der Waals surface area contributed by atoms with Gasteiger partial charge in [-0.1, -0.05) is 23.3 Å². The molecular weight excluding hydrogens is 388 g/mol. The Labute approximate surface area is 187 Å². The van der Waals surface area contributed by atoms with Crippen molar-refractivity contribution in [2.45, 2.75) is 91.8 Å². The lowest BCUT2D eigenvalue weighted by Gasteiger charge is -2.36. The summed E-state index contributed by atoms with van der Waals surface area (Å²) in [6, 6.07) is 3.57. The van der Waals surface area contributed by atoms with Gasteiger partial charge in [0.2, 0.25) is 0 Å². The minimum atomic E-state index is -1.05. The van der Waals surface area contributed by atoms with Crippen molar-refractivity contribution in [3.8, 4) is 11.5 Å². The van der Waals surface area contributed by atoms with E-state index in [-0.39, 0.29) is 11.4 Å². The average molecular weight is 427 g/mol. The molecule has 4 nitrogen and oxygen atoms in total. The lowest BCUT2D eigenvalue weighted by atomic mass is 9.87. The number of fused-ring (bicyclic) bond motifs is 1. The van der Waals surface area contributed by atoms with E-state index in [9.17, 15) is 15.0 Å². The molecule has 1 heterocycles. The molecule has 2 N–H and O–H groups in total. The number of benzene rings is 1. The van der Waals surface area contributed by atoms with Crippen LogP contribution in [-0.2, 0) is 11.2 Å². The van der Waals surface area contributed by atoms with Crippen molar-refractivity contribution in [1.82, 2.24) is 0 Å². The van der Waals surface area contributed by atoms with Crippen LogP contribution in [0.2, 0.25) is 0 Å². The molecule has 0 bridgehead atoms. The van der Waals surface area contributed by atoms with Crippen LogP contribution in [0.3, 0.4) is 0 Å². The summed E-state index contributed by atoms with van der Waals surface area (Å²) in [5, 5.41) is 19.9. The Morgan fingerprint density at radius 2 is 1.90 bits per heavy atom. The van der Waals surface area contributed by atoms with Crippen LogP contribution < -0.4 is 4.74 Å². The van der Waals surface area contributed by atoms with Gasteiger partial charge in [-0.05, 0) is 115 Å². The molecule has 1 aliphatic rings. The van der Waals surface area contributed by atoms with Crippen molar-refractivity contribution >= 4 is 5.78 Å². The van der Waals surface area contributed by atoms with E-state index in [2.05, 4.69) is 19.9 Å². The van der Waals surface area contributed by atoms with Crippen molar-refractivity contribution in [2.75, 3.05) is 0 Å². The lowest BCUT2D eigenvalue weighted by molar-refractivity contribution is -0.120. The molecule has 0 spiro atoms. The van der Waals surface area contributed by atoms with Gasteiger partial charge in [-0.3, -0.25) is 4.79 Å². The molecule has 0 aromatic heterocycles. The monoisotopic (exact) mass is 426 g/mol. The fraction of sp³-hybridized carbons (Fsp3) is 0.519. The number of aromatic hydroxyl groups is 1. The van der Waals surface area contributed by atoms with Gasteiger partial charge in [0, 0.05) is 0 Å². The summed E-state index contributed by atoms with van der Waals surface area (Å²) in [6.45, 7) is 11.8. The summed E-state index contributed by atoms with van der Waals surface area (Å²) >= 11 is 0. The smallest absolute Gasteiger partial charge is 0.188 e. The highest BCUT2D eigenvalue weighted by Gasteiger charge is 2.32. The molecule has 0 radical (unpaired) electrons. The van der Waals surface area contributed by atoms with Gasteiger partial charge in [-0.2, -0.15) is 0 Å². The molecule has 0 saturated heterocycles. The zero-order chi connectivity index (χ0) is 23.2. The molecule has 0 unspecified atom stereocenters. The Morgan fingerprint density at radius 1 is 1.19 bits per heavy atom. The molecule has 2 rings (SSSR count). The van der Waals surface area contributed by atoms with Crippen LogP contribution >= 0.6 is 0 Å². The van der Waals surface area contributed by atoms with E-state index < -0.39 is 6.10 Å². The highest BCUT2D eigenvalue weighted by molar-refractivity contribution is 5.95. The molecule has 0 aliphatic carbocycles. The molecule has 4 heteroatoms. The highest BCUT2D eigenvalue weighted by Crippen LogP contribution is 2.39. The molecule has 0 amide bonds. The quantitative estimate of drug-likeness (QED) is 0.368. The number of hydrogen-bond acceptors (Lipinski definition) is 4. The van der Waals surface area contributed by atoms with Crippen LogP contribution in [0.5, 0.6) is 11.5 Å². The van der Waals surface area contributed by atoms with Crippen molar-refractivity contribution in [3.05, 3.63) is 58.2 Å². The number of carbonyl (C=O) groups is 1. The van der Waals surface area contributed by atoms with Crippen molar-refractivity contribution in [1.29, 1.82) is 0 Å². The predicted molar refractivity (Wildman–Crippen MR) is 127 cm³/mol. The molecule has 31 heavy (non-hydrogen) atoms. The van der Waals surface area contributed by atoms with E-state index in [1.54, 1.807) is 13.0 Å². The van der Waals surface area contributed by atoms with Crippen LogP contribution in [0, 0.1) is 6.92 Å². The summed E-state index contributed by atoms with van der Waals surface area (Å²) in [6.07, 6.45) is 10.1. The largest absolute Gasteiger partial charge is 0.508 e. The van der Waals surface area contributed by atoms with E-state index in [1.165, 1.54) is 11.6 Å². The first-order valence-electron chi connectivity index (χ1n) is 11.2. The van der Waals surface area contributed by atoms with Gasteiger partial charge < -0.3 is 14.9 Å². The number of aliphatic hydroxyl groups excluding tert-OH is 1.